The molecule has 6 nitrogen and oxygen atoms in total. The minimum atomic E-state index is -0.568. The van der Waals surface area contributed by atoms with E-state index in [2.05, 4.69) is 15.3 Å². The lowest BCUT2D eigenvalue weighted by Gasteiger charge is -2.12. The fraction of sp³-hybridized carbons (Fsp3) is 0.176. The molecular formula is C17H15N3O3S. The molecular weight excluding hydrogens is 326 g/mol. The third-order valence-corrected chi connectivity index (χ3v) is 4.44. The normalized spacial score (nSPS) is 11.9. The molecule has 0 spiro atoms. The van der Waals surface area contributed by atoms with Gasteiger partial charge in [-0.2, -0.15) is 0 Å². The number of thiophene rings is 1. The molecule has 7 heteroatoms. The number of nitrogens with one attached hydrogen (secondary N) is 1. The number of nitrogens with zero attached hydrogens (tertiary/aromatic N) is 2. The summed E-state index contributed by atoms with van der Waals surface area (Å²) in [5.41, 5.74) is 1.63. The Bertz CT molecular complexity index is 864. The molecule has 0 saturated heterocycles. The van der Waals surface area contributed by atoms with Gasteiger partial charge in [0.25, 0.3) is 5.91 Å². The van der Waals surface area contributed by atoms with E-state index in [1.165, 1.54) is 0 Å². The Hall–Kier alpha value is -2.80. The quantitative estimate of drug-likeness (QED) is 0.722. The van der Waals surface area contributed by atoms with Crippen LogP contribution in [-0.2, 0) is 9.53 Å². The third kappa shape index (κ3) is 3.75. The molecule has 3 aromatic rings. The van der Waals surface area contributed by atoms with Gasteiger partial charge in [-0.1, -0.05) is 6.07 Å². The zero-order valence-electron chi connectivity index (χ0n) is 12.9. The average molecular weight is 341 g/mol. The molecule has 24 heavy (non-hydrogen) atoms. The van der Waals surface area contributed by atoms with Gasteiger partial charge in [0.05, 0.1) is 22.6 Å². The summed E-state index contributed by atoms with van der Waals surface area (Å²) >= 11 is 1.56. The molecule has 2 aromatic heterocycles. The summed E-state index contributed by atoms with van der Waals surface area (Å²) < 4.78 is 5.06. The van der Waals surface area contributed by atoms with Gasteiger partial charge in [0, 0.05) is 17.3 Å². The van der Waals surface area contributed by atoms with Crippen LogP contribution in [0.4, 0.5) is 0 Å². The summed E-state index contributed by atoms with van der Waals surface area (Å²) in [5, 5.41) is 4.74. The molecule has 0 unspecified atom stereocenters. The van der Waals surface area contributed by atoms with Gasteiger partial charge in [-0.15, -0.1) is 11.3 Å². The molecule has 0 fully saturated rings. The second kappa shape index (κ2) is 7.18. The number of amides is 1. The van der Waals surface area contributed by atoms with Gasteiger partial charge in [-0.05, 0) is 36.6 Å². The molecule has 0 aliphatic carbocycles. The van der Waals surface area contributed by atoms with Gasteiger partial charge in [0.1, 0.15) is 0 Å². The standard InChI is InChI=1S/C17H15N3O3S/c1-11(15-3-2-8-24-15)20-16(21)10-23-17(22)12-4-5-13-14(9-12)19-7-6-18-13/h2-9,11H,10H2,1H3,(H,20,21)/t11-/m1/s1. The van der Waals surface area contributed by atoms with E-state index < -0.39 is 5.97 Å². The van der Waals surface area contributed by atoms with Crippen molar-refractivity contribution >= 4 is 34.2 Å². The Kier molecular flexibility index (Phi) is 4.81. The summed E-state index contributed by atoms with van der Waals surface area (Å²) in [6.45, 7) is 1.56. The van der Waals surface area contributed by atoms with Gasteiger partial charge in [0.2, 0.25) is 0 Å². The lowest BCUT2D eigenvalue weighted by molar-refractivity contribution is -0.124. The zero-order valence-corrected chi connectivity index (χ0v) is 13.7. The first kappa shape index (κ1) is 16.1. The molecule has 3 rings (SSSR count). The number of carbonyl (C=O) groups excluding carboxylic acids is 2. The highest BCUT2D eigenvalue weighted by Crippen LogP contribution is 2.18. The predicted octanol–water partition coefficient (Wildman–Crippen LogP) is 2.73. The monoisotopic (exact) mass is 341 g/mol. The maximum Gasteiger partial charge on any atom is 0.338 e. The van der Waals surface area contributed by atoms with Gasteiger partial charge in [-0.3, -0.25) is 14.8 Å². The van der Waals surface area contributed by atoms with E-state index >= 15 is 0 Å². The highest BCUT2D eigenvalue weighted by molar-refractivity contribution is 7.10. The number of aromatic nitrogens is 2. The van der Waals surface area contributed by atoms with E-state index in [4.69, 9.17) is 4.74 Å². The first-order valence-electron chi connectivity index (χ1n) is 7.34. The maximum atomic E-state index is 12.1. The minimum absolute atomic E-state index is 0.118. The van der Waals surface area contributed by atoms with Crippen molar-refractivity contribution in [1.29, 1.82) is 0 Å². The summed E-state index contributed by atoms with van der Waals surface area (Å²) in [4.78, 5) is 33.3. The van der Waals surface area contributed by atoms with Crippen molar-refractivity contribution in [3.8, 4) is 0 Å². The number of hydrogen-bond acceptors (Lipinski definition) is 6. The van der Waals surface area contributed by atoms with Crippen molar-refractivity contribution in [2.24, 2.45) is 0 Å². The molecule has 0 aliphatic rings. The first-order valence-corrected chi connectivity index (χ1v) is 8.22. The van der Waals surface area contributed by atoms with E-state index in [0.717, 1.165) is 4.88 Å². The van der Waals surface area contributed by atoms with E-state index in [1.807, 2.05) is 24.4 Å². The highest BCUT2D eigenvalue weighted by atomic mass is 32.1. The number of fused-ring (bicyclic) bond motifs is 1. The molecule has 2 heterocycles. The Balaban J connectivity index is 1.57. The molecule has 0 radical (unpaired) electrons. The molecule has 0 saturated carbocycles. The molecule has 1 amide bonds. The van der Waals surface area contributed by atoms with Crippen molar-refractivity contribution < 1.29 is 14.3 Å². The molecule has 0 bridgehead atoms. The molecule has 1 N–H and O–H groups in total. The number of hydrogen-bond donors (Lipinski definition) is 1. The van der Waals surface area contributed by atoms with Crippen LogP contribution in [0.5, 0.6) is 0 Å². The van der Waals surface area contributed by atoms with Crippen LogP contribution in [0.2, 0.25) is 0 Å². The number of carbonyl (C=O) groups is 2. The molecule has 0 aliphatic heterocycles. The predicted molar refractivity (Wildman–Crippen MR) is 90.7 cm³/mol. The van der Waals surface area contributed by atoms with Crippen LogP contribution in [-0.4, -0.2) is 28.5 Å². The second-order valence-electron chi connectivity index (χ2n) is 5.14. The highest BCUT2D eigenvalue weighted by Gasteiger charge is 2.14. The SMILES string of the molecule is C[C@@H](NC(=O)COC(=O)c1ccc2nccnc2c1)c1cccs1. The average Bonchev–Trinajstić information content (AvgIpc) is 3.14. The van der Waals surface area contributed by atoms with Crippen LogP contribution in [0.25, 0.3) is 11.0 Å². The van der Waals surface area contributed by atoms with E-state index in [-0.39, 0.29) is 18.6 Å². The maximum absolute atomic E-state index is 12.1. The van der Waals surface area contributed by atoms with Crippen LogP contribution in [0.15, 0.2) is 48.1 Å². The van der Waals surface area contributed by atoms with Crippen LogP contribution >= 0.6 is 11.3 Å². The van der Waals surface area contributed by atoms with Gasteiger partial charge < -0.3 is 10.1 Å². The zero-order chi connectivity index (χ0) is 16.9. The van der Waals surface area contributed by atoms with E-state index in [9.17, 15) is 9.59 Å². The Morgan fingerprint density at radius 2 is 2.00 bits per heavy atom. The molecule has 1 aromatic carbocycles. The smallest absolute Gasteiger partial charge is 0.338 e. The number of rotatable bonds is 5. The van der Waals surface area contributed by atoms with Gasteiger partial charge in [-0.25, -0.2) is 4.79 Å². The Morgan fingerprint density at radius 1 is 1.21 bits per heavy atom. The summed E-state index contributed by atoms with van der Waals surface area (Å²) in [6.07, 6.45) is 3.14. The first-order chi connectivity index (χ1) is 11.6. The molecule has 122 valence electrons. The van der Waals surface area contributed by atoms with Crippen LogP contribution < -0.4 is 5.32 Å². The van der Waals surface area contributed by atoms with Crippen LogP contribution in [0, 0.1) is 0 Å². The number of ether oxygens (including phenoxy) is 1. The van der Waals surface area contributed by atoms with Gasteiger partial charge in [0.15, 0.2) is 6.61 Å². The summed E-state index contributed by atoms with van der Waals surface area (Å²) in [5.74, 6) is -0.911. The lowest BCUT2D eigenvalue weighted by Crippen LogP contribution is -2.30. The van der Waals surface area contributed by atoms with Gasteiger partial charge >= 0.3 is 5.97 Å². The van der Waals surface area contributed by atoms with Crippen LogP contribution in [0.1, 0.15) is 28.2 Å². The van der Waals surface area contributed by atoms with Crippen molar-refractivity contribution in [2.75, 3.05) is 6.61 Å². The topological polar surface area (TPSA) is 81.2 Å². The number of esters is 1. The lowest BCUT2D eigenvalue weighted by atomic mass is 10.2. The number of benzene rings is 1. The summed E-state index contributed by atoms with van der Waals surface area (Å²) in [6, 6.07) is 8.63. The van der Waals surface area contributed by atoms with Crippen molar-refractivity contribution in [2.45, 2.75) is 13.0 Å². The fourth-order valence-corrected chi connectivity index (χ4v) is 2.93. The van der Waals surface area contributed by atoms with Crippen molar-refractivity contribution in [3.63, 3.8) is 0 Å². The van der Waals surface area contributed by atoms with E-state index in [1.54, 1.807) is 41.9 Å². The second-order valence-corrected chi connectivity index (χ2v) is 6.12. The minimum Gasteiger partial charge on any atom is -0.452 e. The van der Waals surface area contributed by atoms with Crippen molar-refractivity contribution in [3.05, 3.63) is 58.5 Å². The molecule has 1 atom stereocenters. The largest absolute Gasteiger partial charge is 0.452 e. The summed E-state index contributed by atoms with van der Waals surface area (Å²) in [7, 11) is 0. The van der Waals surface area contributed by atoms with Crippen LogP contribution in [0.3, 0.4) is 0 Å². The third-order valence-electron chi connectivity index (χ3n) is 3.39. The fourth-order valence-electron chi connectivity index (χ4n) is 2.20. The van der Waals surface area contributed by atoms with Crippen molar-refractivity contribution in [1.82, 2.24) is 15.3 Å². The Labute approximate surface area is 142 Å². The Morgan fingerprint density at radius 3 is 2.75 bits per heavy atom. The van der Waals surface area contributed by atoms with E-state index in [0.29, 0.717) is 16.6 Å².